The van der Waals surface area contributed by atoms with Crippen molar-refractivity contribution < 1.29 is 0 Å². The van der Waals surface area contributed by atoms with Gasteiger partial charge in [-0.15, -0.1) is 0 Å². The minimum absolute atomic E-state index is 0.228. The molecular weight excluding hydrogens is 256 g/mol. The van der Waals surface area contributed by atoms with E-state index in [1.807, 2.05) is 0 Å². The maximum Gasteiger partial charge on any atom is 0.0124 e. The van der Waals surface area contributed by atoms with Crippen molar-refractivity contribution in [3.8, 4) is 0 Å². The minimum Gasteiger partial charge on any atom is -0.311 e. The molecule has 0 amide bonds. The molecule has 2 rings (SSSR count). The van der Waals surface area contributed by atoms with Gasteiger partial charge in [-0.25, -0.2) is 0 Å². The van der Waals surface area contributed by atoms with Gasteiger partial charge in [-0.05, 0) is 70.8 Å². The normalized spacial score (nSPS) is 30.7. The van der Waals surface area contributed by atoms with Crippen LogP contribution < -0.4 is 5.32 Å². The molecule has 3 atom stereocenters. The first kappa shape index (κ1) is 17.3. The number of likely N-dealkylation sites (tertiary alicyclic amines) is 1. The summed E-state index contributed by atoms with van der Waals surface area (Å²) in [4.78, 5) is 2.86. The number of hydrogen-bond acceptors (Lipinski definition) is 2. The van der Waals surface area contributed by atoms with Crippen LogP contribution in [0.2, 0.25) is 0 Å². The van der Waals surface area contributed by atoms with Crippen LogP contribution in [0, 0.1) is 11.3 Å². The standard InChI is InChI=1S/C19H38N2/c1-6-19(5,14-20-18(2,3)4)15-21-13-9-11-16-10-7-8-12-17(16)21/h16-17,20H,6-15H2,1-5H3/t16-,17-,19?/m1/s1. The van der Waals surface area contributed by atoms with Crippen molar-refractivity contribution in [2.75, 3.05) is 19.6 Å². The number of piperidine rings is 1. The van der Waals surface area contributed by atoms with Crippen molar-refractivity contribution in [1.29, 1.82) is 0 Å². The Morgan fingerprint density at radius 2 is 1.67 bits per heavy atom. The molecule has 124 valence electrons. The first-order valence-corrected chi connectivity index (χ1v) is 9.32. The maximum absolute atomic E-state index is 3.75. The predicted octanol–water partition coefficient (Wildman–Crippen LogP) is 4.45. The molecule has 1 aliphatic carbocycles. The van der Waals surface area contributed by atoms with Crippen LogP contribution in [-0.2, 0) is 0 Å². The molecule has 1 N–H and O–H groups in total. The van der Waals surface area contributed by atoms with Crippen molar-refractivity contribution in [3.63, 3.8) is 0 Å². The average Bonchev–Trinajstić information content (AvgIpc) is 2.45. The van der Waals surface area contributed by atoms with Gasteiger partial charge >= 0.3 is 0 Å². The molecule has 2 heteroatoms. The second-order valence-corrected chi connectivity index (χ2v) is 8.99. The van der Waals surface area contributed by atoms with Gasteiger partial charge in [0, 0.05) is 24.7 Å². The molecule has 1 saturated carbocycles. The average molecular weight is 295 g/mol. The molecular formula is C19H38N2. The molecule has 0 spiro atoms. The van der Waals surface area contributed by atoms with E-state index in [2.05, 4.69) is 44.8 Å². The Balaban J connectivity index is 1.95. The zero-order valence-corrected chi connectivity index (χ0v) is 15.2. The van der Waals surface area contributed by atoms with Crippen LogP contribution in [0.1, 0.15) is 79.6 Å². The molecule has 1 saturated heterocycles. The zero-order valence-electron chi connectivity index (χ0n) is 15.2. The zero-order chi connectivity index (χ0) is 15.5. The lowest BCUT2D eigenvalue weighted by molar-refractivity contribution is 0.0250. The molecule has 1 unspecified atom stereocenters. The third-order valence-corrected chi connectivity index (χ3v) is 5.84. The summed E-state index contributed by atoms with van der Waals surface area (Å²) in [7, 11) is 0. The lowest BCUT2D eigenvalue weighted by Gasteiger charge is -2.48. The molecule has 0 aromatic rings. The molecule has 2 aliphatic rings. The second-order valence-electron chi connectivity index (χ2n) is 8.99. The van der Waals surface area contributed by atoms with E-state index in [1.165, 1.54) is 58.0 Å². The van der Waals surface area contributed by atoms with E-state index < -0.39 is 0 Å². The molecule has 0 radical (unpaired) electrons. The second kappa shape index (κ2) is 7.00. The summed E-state index contributed by atoms with van der Waals surface area (Å²) in [5.41, 5.74) is 0.637. The topological polar surface area (TPSA) is 15.3 Å². The van der Waals surface area contributed by atoms with Gasteiger partial charge in [-0.2, -0.15) is 0 Å². The summed E-state index contributed by atoms with van der Waals surface area (Å²) >= 11 is 0. The minimum atomic E-state index is 0.228. The smallest absolute Gasteiger partial charge is 0.0124 e. The summed E-state index contributed by atoms with van der Waals surface area (Å²) in [5, 5.41) is 3.75. The van der Waals surface area contributed by atoms with Gasteiger partial charge in [0.15, 0.2) is 0 Å². The fourth-order valence-electron chi connectivity index (χ4n) is 4.19. The van der Waals surface area contributed by atoms with Gasteiger partial charge < -0.3 is 5.32 Å². The van der Waals surface area contributed by atoms with E-state index in [4.69, 9.17) is 0 Å². The Morgan fingerprint density at radius 3 is 2.33 bits per heavy atom. The first-order valence-electron chi connectivity index (χ1n) is 9.32. The van der Waals surface area contributed by atoms with Crippen molar-refractivity contribution in [3.05, 3.63) is 0 Å². The third kappa shape index (κ3) is 4.96. The summed E-state index contributed by atoms with van der Waals surface area (Å²) in [6.45, 7) is 15.5. The van der Waals surface area contributed by atoms with E-state index in [0.717, 1.165) is 18.5 Å². The van der Waals surface area contributed by atoms with Crippen molar-refractivity contribution >= 4 is 0 Å². The van der Waals surface area contributed by atoms with Gasteiger partial charge in [0.1, 0.15) is 0 Å². The number of hydrogen-bond donors (Lipinski definition) is 1. The summed E-state index contributed by atoms with van der Waals surface area (Å²) < 4.78 is 0. The largest absolute Gasteiger partial charge is 0.311 e. The highest BCUT2D eigenvalue weighted by atomic mass is 15.2. The van der Waals surface area contributed by atoms with Crippen molar-refractivity contribution in [2.45, 2.75) is 91.1 Å². The number of nitrogens with one attached hydrogen (secondary N) is 1. The Bertz CT molecular complexity index is 318. The van der Waals surface area contributed by atoms with Gasteiger partial charge in [0.2, 0.25) is 0 Å². The van der Waals surface area contributed by atoms with E-state index >= 15 is 0 Å². The molecule has 0 aromatic carbocycles. The van der Waals surface area contributed by atoms with E-state index in [0.29, 0.717) is 5.41 Å². The Hall–Kier alpha value is -0.0800. The molecule has 21 heavy (non-hydrogen) atoms. The summed E-state index contributed by atoms with van der Waals surface area (Å²) in [5.74, 6) is 1.00. The highest BCUT2D eigenvalue weighted by Crippen LogP contribution is 2.37. The Morgan fingerprint density at radius 1 is 1.00 bits per heavy atom. The monoisotopic (exact) mass is 294 g/mol. The molecule has 2 fully saturated rings. The summed E-state index contributed by atoms with van der Waals surface area (Å²) in [6, 6.07) is 0.896. The quantitative estimate of drug-likeness (QED) is 0.806. The fraction of sp³-hybridized carbons (Fsp3) is 1.00. The lowest BCUT2D eigenvalue weighted by atomic mass is 9.76. The predicted molar refractivity (Wildman–Crippen MR) is 92.7 cm³/mol. The molecule has 0 aromatic heterocycles. The SMILES string of the molecule is CCC(C)(CNC(C)(C)C)CN1CCC[C@H]2CCCC[C@H]21. The van der Waals surface area contributed by atoms with Crippen LogP contribution in [0.3, 0.4) is 0 Å². The Labute approximate surface area is 133 Å². The molecule has 0 bridgehead atoms. The number of fused-ring (bicyclic) bond motifs is 1. The number of nitrogens with zero attached hydrogens (tertiary/aromatic N) is 1. The van der Waals surface area contributed by atoms with Crippen molar-refractivity contribution in [2.24, 2.45) is 11.3 Å². The highest BCUT2D eigenvalue weighted by molar-refractivity contribution is 4.91. The van der Waals surface area contributed by atoms with Gasteiger partial charge in [-0.1, -0.05) is 26.7 Å². The van der Waals surface area contributed by atoms with Crippen LogP contribution in [-0.4, -0.2) is 36.1 Å². The molecule has 1 heterocycles. The fourth-order valence-corrected chi connectivity index (χ4v) is 4.19. The van der Waals surface area contributed by atoms with E-state index in [-0.39, 0.29) is 5.54 Å². The molecule has 2 nitrogen and oxygen atoms in total. The van der Waals surface area contributed by atoms with Crippen LogP contribution in [0.15, 0.2) is 0 Å². The Kier molecular flexibility index (Phi) is 5.76. The lowest BCUT2D eigenvalue weighted by Crippen LogP contribution is -2.53. The highest BCUT2D eigenvalue weighted by Gasteiger charge is 2.36. The van der Waals surface area contributed by atoms with Gasteiger partial charge in [0.25, 0.3) is 0 Å². The van der Waals surface area contributed by atoms with Gasteiger partial charge in [0.05, 0.1) is 0 Å². The van der Waals surface area contributed by atoms with Crippen molar-refractivity contribution in [1.82, 2.24) is 10.2 Å². The van der Waals surface area contributed by atoms with Crippen LogP contribution in [0.5, 0.6) is 0 Å². The number of rotatable bonds is 5. The van der Waals surface area contributed by atoms with E-state index in [9.17, 15) is 0 Å². The van der Waals surface area contributed by atoms with Crippen LogP contribution >= 0.6 is 0 Å². The third-order valence-electron chi connectivity index (χ3n) is 5.84. The van der Waals surface area contributed by atoms with Crippen LogP contribution in [0.4, 0.5) is 0 Å². The maximum atomic E-state index is 3.75. The first-order chi connectivity index (χ1) is 9.83. The van der Waals surface area contributed by atoms with Crippen LogP contribution in [0.25, 0.3) is 0 Å². The van der Waals surface area contributed by atoms with Gasteiger partial charge in [-0.3, -0.25) is 4.90 Å². The van der Waals surface area contributed by atoms with E-state index in [1.54, 1.807) is 0 Å². The summed E-state index contributed by atoms with van der Waals surface area (Å²) in [6.07, 6.45) is 10.1. The molecule has 1 aliphatic heterocycles.